The van der Waals surface area contributed by atoms with Gasteiger partial charge in [0.25, 0.3) is 0 Å². The Morgan fingerprint density at radius 1 is 1.39 bits per heavy atom. The van der Waals surface area contributed by atoms with Gasteiger partial charge in [-0.15, -0.1) is 11.8 Å². The number of rotatable bonds is 4. The van der Waals surface area contributed by atoms with Crippen molar-refractivity contribution in [2.45, 2.75) is 24.0 Å². The van der Waals surface area contributed by atoms with Crippen molar-refractivity contribution in [3.63, 3.8) is 0 Å². The number of hydrogen-bond donors (Lipinski definition) is 1. The van der Waals surface area contributed by atoms with E-state index in [1.54, 1.807) is 17.8 Å². The Morgan fingerprint density at radius 2 is 2.11 bits per heavy atom. The number of aromatic hydroxyl groups is 1. The van der Waals surface area contributed by atoms with Crippen LogP contribution in [0.15, 0.2) is 33.6 Å². The third-order valence-electron chi connectivity index (χ3n) is 2.73. The second-order valence-electron chi connectivity index (χ2n) is 3.94. The van der Waals surface area contributed by atoms with Crippen LogP contribution >= 0.6 is 27.7 Å². The Labute approximate surface area is 119 Å². The molecule has 0 atom stereocenters. The van der Waals surface area contributed by atoms with Gasteiger partial charge in [-0.2, -0.15) is 5.10 Å². The molecule has 0 spiro atoms. The number of para-hydroxylation sites is 1. The van der Waals surface area contributed by atoms with Crippen LogP contribution in [0, 0.1) is 0 Å². The van der Waals surface area contributed by atoms with E-state index in [4.69, 9.17) is 0 Å². The Kier molecular flexibility index (Phi) is 4.35. The summed E-state index contributed by atoms with van der Waals surface area (Å²) in [7, 11) is 1.95. The fraction of sp³-hybridized carbons (Fsp3) is 0.308. The number of phenolic OH excluding ortho intramolecular Hbond substituents is 1. The van der Waals surface area contributed by atoms with Crippen LogP contribution in [0.3, 0.4) is 0 Å². The minimum Gasteiger partial charge on any atom is -0.507 e. The lowest BCUT2D eigenvalue weighted by atomic mass is 10.3. The Morgan fingerprint density at radius 3 is 2.72 bits per heavy atom. The fourth-order valence-corrected chi connectivity index (χ4v) is 3.66. The van der Waals surface area contributed by atoms with E-state index in [0.717, 1.165) is 32.9 Å². The third kappa shape index (κ3) is 2.72. The average Bonchev–Trinajstić information content (AvgIpc) is 2.64. The lowest BCUT2D eigenvalue weighted by molar-refractivity contribution is 0.462. The van der Waals surface area contributed by atoms with E-state index in [1.807, 2.05) is 29.9 Å². The van der Waals surface area contributed by atoms with Crippen LogP contribution < -0.4 is 0 Å². The molecule has 0 amide bonds. The number of phenols is 1. The van der Waals surface area contributed by atoms with Crippen LogP contribution in [0.4, 0.5) is 0 Å². The molecule has 5 heteroatoms. The predicted octanol–water partition coefficient (Wildman–Crippen LogP) is 3.74. The lowest BCUT2D eigenvalue weighted by Crippen LogP contribution is -1.96. The molecule has 2 rings (SSSR count). The zero-order valence-corrected chi connectivity index (χ0v) is 12.8. The van der Waals surface area contributed by atoms with Crippen LogP contribution in [0.5, 0.6) is 5.75 Å². The van der Waals surface area contributed by atoms with Gasteiger partial charge >= 0.3 is 0 Å². The summed E-state index contributed by atoms with van der Waals surface area (Å²) < 4.78 is 2.98. The highest BCUT2D eigenvalue weighted by atomic mass is 79.9. The molecule has 0 fully saturated rings. The third-order valence-corrected chi connectivity index (χ3v) is 4.72. The van der Waals surface area contributed by atoms with Crippen molar-refractivity contribution in [2.75, 3.05) is 0 Å². The maximum atomic E-state index is 9.72. The molecule has 0 bridgehead atoms. The van der Waals surface area contributed by atoms with Crippen molar-refractivity contribution in [1.82, 2.24) is 9.78 Å². The van der Waals surface area contributed by atoms with Crippen molar-refractivity contribution in [3.05, 3.63) is 40.1 Å². The van der Waals surface area contributed by atoms with E-state index in [-0.39, 0.29) is 0 Å². The van der Waals surface area contributed by atoms with E-state index in [1.165, 1.54) is 0 Å². The first-order valence-corrected chi connectivity index (χ1v) is 7.52. The molecule has 1 heterocycles. The molecule has 0 aliphatic rings. The highest BCUT2D eigenvalue weighted by molar-refractivity contribution is 9.10. The molecule has 1 aromatic heterocycles. The summed E-state index contributed by atoms with van der Waals surface area (Å²) in [5.41, 5.74) is 2.21. The van der Waals surface area contributed by atoms with Gasteiger partial charge in [0, 0.05) is 17.7 Å². The number of halogens is 1. The topological polar surface area (TPSA) is 38.0 Å². The molecule has 1 aromatic carbocycles. The molecular formula is C13H15BrN2OS. The molecular weight excluding hydrogens is 312 g/mol. The molecule has 18 heavy (non-hydrogen) atoms. The minimum absolute atomic E-state index is 0.330. The normalized spacial score (nSPS) is 10.8. The molecule has 2 aromatic rings. The molecule has 96 valence electrons. The summed E-state index contributed by atoms with van der Waals surface area (Å²) in [6, 6.07) is 7.38. The maximum Gasteiger partial charge on any atom is 0.129 e. The van der Waals surface area contributed by atoms with E-state index < -0.39 is 0 Å². The first-order chi connectivity index (χ1) is 8.63. The quantitative estimate of drug-likeness (QED) is 0.870. The van der Waals surface area contributed by atoms with Crippen LogP contribution in [0.25, 0.3) is 0 Å². The molecule has 0 aliphatic heterocycles. The molecule has 1 N–H and O–H groups in total. The molecule has 0 saturated carbocycles. The van der Waals surface area contributed by atoms with Gasteiger partial charge in [-0.1, -0.05) is 19.1 Å². The standard InChI is InChI=1S/C13H15BrN2OS/c1-3-9-13(14)10(16(2)15-9)8-18-12-7-5-4-6-11(12)17/h4-7,17H,3,8H2,1-2H3. The van der Waals surface area contributed by atoms with Gasteiger partial charge in [0.15, 0.2) is 0 Å². The van der Waals surface area contributed by atoms with Gasteiger partial charge in [-0.25, -0.2) is 0 Å². The summed E-state index contributed by atoms with van der Waals surface area (Å²) in [4.78, 5) is 0.892. The second kappa shape index (κ2) is 5.80. The monoisotopic (exact) mass is 326 g/mol. The summed E-state index contributed by atoms with van der Waals surface area (Å²) in [5, 5.41) is 14.2. The molecule has 3 nitrogen and oxygen atoms in total. The summed E-state index contributed by atoms with van der Waals surface area (Å²) in [5.74, 6) is 1.11. The van der Waals surface area contributed by atoms with Crippen LogP contribution in [-0.2, 0) is 19.2 Å². The molecule has 0 aliphatic carbocycles. The average molecular weight is 327 g/mol. The Bertz CT molecular complexity index is 554. The van der Waals surface area contributed by atoms with E-state index in [9.17, 15) is 5.11 Å². The van der Waals surface area contributed by atoms with Gasteiger partial charge in [0.05, 0.1) is 15.9 Å². The first kappa shape index (κ1) is 13.5. The van der Waals surface area contributed by atoms with Crippen molar-refractivity contribution in [1.29, 1.82) is 0 Å². The summed E-state index contributed by atoms with van der Waals surface area (Å²) in [6.07, 6.45) is 0.912. The lowest BCUT2D eigenvalue weighted by Gasteiger charge is -2.05. The summed E-state index contributed by atoms with van der Waals surface area (Å²) >= 11 is 5.21. The first-order valence-electron chi connectivity index (χ1n) is 5.74. The molecule has 0 saturated heterocycles. The largest absolute Gasteiger partial charge is 0.507 e. The zero-order valence-electron chi connectivity index (χ0n) is 10.4. The van der Waals surface area contributed by atoms with Crippen LogP contribution in [0.1, 0.15) is 18.3 Å². The number of thioether (sulfide) groups is 1. The van der Waals surface area contributed by atoms with Gasteiger partial charge in [-0.05, 0) is 34.5 Å². The van der Waals surface area contributed by atoms with E-state index in [2.05, 4.69) is 28.0 Å². The SMILES string of the molecule is CCc1nn(C)c(CSc2ccccc2O)c1Br. The Balaban J connectivity index is 2.16. The number of aromatic nitrogens is 2. The van der Waals surface area contributed by atoms with Crippen molar-refractivity contribution >= 4 is 27.7 Å². The summed E-state index contributed by atoms with van der Waals surface area (Å²) in [6.45, 7) is 2.09. The van der Waals surface area contributed by atoms with E-state index >= 15 is 0 Å². The van der Waals surface area contributed by atoms with E-state index in [0.29, 0.717) is 5.75 Å². The Hall–Kier alpha value is -0.940. The van der Waals surface area contributed by atoms with Gasteiger partial charge in [0.1, 0.15) is 5.75 Å². The zero-order chi connectivity index (χ0) is 13.1. The van der Waals surface area contributed by atoms with Crippen molar-refractivity contribution < 1.29 is 5.11 Å². The second-order valence-corrected chi connectivity index (χ2v) is 5.75. The maximum absolute atomic E-state index is 9.72. The minimum atomic E-state index is 0.330. The van der Waals surface area contributed by atoms with Gasteiger partial charge in [-0.3, -0.25) is 4.68 Å². The smallest absolute Gasteiger partial charge is 0.129 e. The number of aryl methyl sites for hydroxylation is 2. The van der Waals surface area contributed by atoms with Gasteiger partial charge in [0.2, 0.25) is 0 Å². The van der Waals surface area contributed by atoms with Crippen LogP contribution in [0.2, 0.25) is 0 Å². The number of benzene rings is 1. The fourth-order valence-electron chi connectivity index (χ4n) is 1.70. The molecule has 0 unspecified atom stereocenters. The predicted molar refractivity (Wildman–Crippen MR) is 78.0 cm³/mol. The molecule has 0 radical (unpaired) electrons. The van der Waals surface area contributed by atoms with Gasteiger partial charge < -0.3 is 5.11 Å². The number of hydrogen-bond acceptors (Lipinski definition) is 3. The highest BCUT2D eigenvalue weighted by Gasteiger charge is 2.13. The van der Waals surface area contributed by atoms with Crippen LogP contribution in [-0.4, -0.2) is 14.9 Å². The highest BCUT2D eigenvalue weighted by Crippen LogP contribution is 2.33. The van der Waals surface area contributed by atoms with Crippen molar-refractivity contribution in [3.8, 4) is 5.75 Å². The van der Waals surface area contributed by atoms with Crippen molar-refractivity contribution in [2.24, 2.45) is 7.05 Å². The number of nitrogens with zero attached hydrogens (tertiary/aromatic N) is 2.